The van der Waals surface area contributed by atoms with Crippen molar-refractivity contribution in [3.05, 3.63) is 65.7 Å². The van der Waals surface area contributed by atoms with E-state index < -0.39 is 11.0 Å². The van der Waals surface area contributed by atoms with E-state index in [4.69, 9.17) is 0 Å². The molecule has 2 aromatic carbocycles. The second-order valence-electron chi connectivity index (χ2n) is 10.2. The summed E-state index contributed by atoms with van der Waals surface area (Å²) in [5.41, 5.74) is 4.37. The third kappa shape index (κ3) is 5.98. The summed E-state index contributed by atoms with van der Waals surface area (Å²) >= 11 is 0. The van der Waals surface area contributed by atoms with Gasteiger partial charge in [-0.1, -0.05) is 101 Å². The van der Waals surface area contributed by atoms with E-state index in [-0.39, 0.29) is 19.2 Å². The van der Waals surface area contributed by atoms with Crippen LogP contribution in [0.3, 0.4) is 0 Å². The van der Waals surface area contributed by atoms with Gasteiger partial charge in [0.15, 0.2) is 0 Å². The first-order valence-corrected chi connectivity index (χ1v) is 15.8. The van der Waals surface area contributed by atoms with Gasteiger partial charge >= 0.3 is 0 Å². The Morgan fingerprint density at radius 2 is 1.30 bits per heavy atom. The maximum Gasteiger partial charge on any atom is 0.0974 e. The normalized spacial score (nSPS) is 20.4. The lowest BCUT2D eigenvalue weighted by Crippen LogP contribution is -2.35. The second-order valence-corrected chi connectivity index (χ2v) is 15.1. The van der Waals surface area contributed by atoms with Crippen molar-refractivity contribution in [3.63, 3.8) is 0 Å². The summed E-state index contributed by atoms with van der Waals surface area (Å²) in [6.07, 6.45) is 14.0. The minimum atomic E-state index is -1.04. The van der Waals surface area contributed by atoms with E-state index in [1.807, 2.05) is 0 Å². The molecule has 180 valence electrons. The largest absolute Gasteiger partial charge is 0.242 e. The first-order chi connectivity index (χ1) is 16.1. The van der Waals surface area contributed by atoms with Crippen LogP contribution in [-0.2, 0) is 11.0 Å². The first-order valence-electron chi connectivity index (χ1n) is 13.1. The van der Waals surface area contributed by atoms with Gasteiger partial charge in [0, 0.05) is 12.3 Å². The molecule has 0 aromatic heterocycles. The highest BCUT2D eigenvalue weighted by atomic mass is 32.2. The monoisotopic (exact) mass is 483 g/mol. The molecule has 0 spiro atoms. The highest BCUT2D eigenvalue weighted by molar-refractivity contribution is 7.83. The molecule has 2 nitrogen and oxygen atoms in total. The van der Waals surface area contributed by atoms with Crippen LogP contribution in [0, 0.1) is 0 Å². The van der Waals surface area contributed by atoms with Crippen LogP contribution in [0.1, 0.15) is 95.2 Å². The molecule has 2 aliphatic carbocycles. The molecule has 0 N–H and O–H groups in total. The Balaban J connectivity index is 1.81. The zero-order valence-corrected chi connectivity index (χ0v) is 22.5. The number of hydrogen-bond donors (Lipinski definition) is 0. The molecule has 0 aliphatic heterocycles. The Bertz CT molecular complexity index is 872. The Morgan fingerprint density at radius 3 is 1.85 bits per heavy atom. The summed E-state index contributed by atoms with van der Waals surface area (Å²) in [4.78, 5) is 0. The number of hydrogen-bond acceptors (Lipinski definition) is 1. The Labute approximate surface area is 205 Å². The van der Waals surface area contributed by atoms with Gasteiger partial charge < -0.3 is 0 Å². The molecule has 2 aliphatic rings. The minimum Gasteiger partial charge on any atom is -0.242 e. The third-order valence-electron chi connectivity index (χ3n) is 7.61. The summed E-state index contributed by atoms with van der Waals surface area (Å²) in [5.74, 6) is 0. The van der Waals surface area contributed by atoms with Crippen LogP contribution in [0.2, 0.25) is 0 Å². The average Bonchev–Trinajstić information content (AvgIpc) is 2.86. The molecule has 2 aromatic rings. The summed E-state index contributed by atoms with van der Waals surface area (Å²) in [7, 11) is 0.805. The molecule has 0 bridgehead atoms. The predicted molar refractivity (Wildman–Crippen MR) is 146 cm³/mol. The number of benzene rings is 2. The van der Waals surface area contributed by atoms with Crippen LogP contribution in [0.25, 0.3) is 0 Å². The lowest BCUT2D eigenvalue weighted by atomic mass is 9.98. The van der Waals surface area contributed by atoms with Crippen molar-refractivity contribution in [2.45, 2.75) is 101 Å². The maximum atomic E-state index is 13.4. The second kappa shape index (κ2) is 12.1. The molecule has 2 saturated carbocycles. The fourth-order valence-corrected chi connectivity index (χ4v) is 11.1. The molecule has 4 heteroatoms. The van der Waals surface area contributed by atoms with Gasteiger partial charge in [0.05, 0.1) is 17.0 Å². The fourth-order valence-electron chi connectivity index (χ4n) is 6.02. The molecule has 0 unspecified atom stereocenters. The zero-order valence-electron chi connectivity index (χ0n) is 20.8. The van der Waals surface area contributed by atoms with E-state index in [1.165, 1.54) is 75.3 Å². The van der Waals surface area contributed by atoms with E-state index >= 15 is 0 Å². The van der Waals surface area contributed by atoms with E-state index in [9.17, 15) is 4.21 Å². The summed E-state index contributed by atoms with van der Waals surface area (Å²) < 4.78 is 15.5. The van der Waals surface area contributed by atoms with Crippen LogP contribution < -0.4 is 5.30 Å². The quantitative estimate of drug-likeness (QED) is 0.355. The molecule has 0 amide bonds. The van der Waals surface area contributed by atoms with Gasteiger partial charge in [-0.05, 0) is 67.3 Å². The number of rotatable bonds is 8. The topological polar surface area (TPSA) is 20.3 Å². The smallest absolute Gasteiger partial charge is 0.0974 e. The first kappa shape index (κ1) is 25.1. The van der Waals surface area contributed by atoms with Gasteiger partial charge in [0.1, 0.15) is 0 Å². The predicted octanol–water partition coefficient (Wildman–Crippen LogP) is 7.55. The average molecular weight is 484 g/mol. The van der Waals surface area contributed by atoms with Crippen molar-refractivity contribution in [1.29, 1.82) is 0 Å². The summed E-state index contributed by atoms with van der Waals surface area (Å²) in [6, 6.07) is 20.1. The summed E-state index contributed by atoms with van der Waals surface area (Å²) in [5, 5.41) is 1.71. The highest BCUT2D eigenvalue weighted by Crippen LogP contribution is 2.56. The van der Waals surface area contributed by atoms with E-state index in [2.05, 4.69) is 79.8 Å². The van der Waals surface area contributed by atoms with Crippen molar-refractivity contribution in [3.8, 4) is 0 Å². The number of nitrogens with zero attached hydrogens (tertiary/aromatic N) is 1. The molecule has 2 fully saturated rings. The van der Waals surface area contributed by atoms with Crippen molar-refractivity contribution in [1.82, 2.24) is 4.31 Å². The van der Waals surface area contributed by atoms with Crippen LogP contribution in [-0.4, -0.2) is 32.1 Å². The standard InChI is InChI=1S/C29H42NOPS/c1-23(2)33(31)30(3)29(24-15-7-4-8-16-24)27-21-13-14-22-28(27)32(25-17-9-5-10-18-25)26-19-11-6-12-20-26/h4,7-8,13-16,21-23,25-26,29H,5-6,9-12,17-20H2,1-3H3/t29-,33+/m0/s1. The van der Waals surface area contributed by atoms with Crippen molar-refractivity contribution in [2.24, 2.45) is 0 Å². The molecule has 0 saturated heterocycles. The molecular weight excluding hydrogens is 441 g/mol. The Hall–Kier alpha value is -1.02. The lowest BCUT2D eigenvalue weighted by molar-refractivity contribution is 0.450. The molecule has 0 heterocycles. The van der Waals surface area contributed by atoms with Crippen LogP contribution in [0.15, 0.2) is 54.6 Å². The minimum absolute atomic E-state index is 0.0304. The van der Waals surface area contributed by atoms with Gasteiger partial charge in [0.2, 0.25) is 0 Å². The van der Waals surface area contributed by atoms with E-state index in [0.29, 0.717) is 0 Å². The maximum absolute atomic E-state index is 13.4. The van der Waals surface area contributed by atoms with Gasteiger partial charge in [-0.2, -0.15) is 0 Å². The van der Waals surface area contributed by atoms with E-state index in [0.717, 1.165) is 11.3 Å². The molecule has 33 heavy (non-hydrogen) atoms. The zero-order chi connectivity index (χ0) is 23.2. The molecule has 4 rings (SSSR count). The van der Waals surface area contributed by atoms with Gasteiger partial charge in [-0.25, -0.2) is 8.51 Å². The fraction of sp³-hybridized carbons (Fsp3) is 0.586. The van der Waals surface area contributed by atoms with Gasteiger partial charge in [0.25, 0.3) is 0 Å². The molecule has 0 radical (unpaired) electrons. The summed E-state index contributed by atoms with van der Waals surface area (Å²) in [6.45, 7) is 4.13. The highest BCUT2D eigenvalue weighted by Gasteiger charge is 2.36. The van der Waals surface area contributed by atoms with E-state index in [1.54, 1.807) is 5.30 Å². The van der Waals surface area contributed by atoms with Gasteiger partial charge in [-0.3, -0.25) is 0 Å². The third-order valence-corrected chi connectivity index (χ3v) is 12.8. The Morgan fingerprint density at radius 1 is 0.788 bits per heavy atom. The lowest BCUT2D eigenvalue weighted by Gasteiger charge is -2.41. The Kier molecular flexibility index (Phi) is 9.19. The van der Waals surface area contributed by atoms with Crippen LogP contribution >= 0.6 is 7.92 Å². The van der Waals surface area contributed by atoms with Crippen LogP contribution in [0.5, 0.6) is 0 Å². The van der Waals surface area contributed by atoms with Crippen molar-refractivity contribution in [2.75, 3.05) is 7.05 Å². The van der Waals surface area contributed by atoms with Gasteiger partial charge in [-0.15, -0.1) is 0 Å². The van der Waals surface area contributed by atoms with Crippen molar-refractivity contribution >= 4 is 24.2 Å². The van der Waals surface area contributed by atoms with Crippen molar-refractivity contribution < 1.29 is 4.21 Å². The van der Waals surface area contributed by atoms with Crippen LogP contribution in [0.4, 0.5) is 0 Å². The molecular formula is C29H42NOPS. The SMILES string of the molecule is CC(C)[S@@](=O)N(C)[C@@H](c1ccccc1)c1ccccc1P(C1CCCCC1)C1CCCCC1. The molecule has 2 atom stereocenters.